The van der Waals surface area contributed by atoms with Crippen LogP contribution in [0.15, 0.2) is 17.1 Å². The summed E-state index contributed by atoms with van der Waals surface area (Å²) in [7, 11) is 1.17. The maximum Gasteiger partial charge on any atom is 0.280 e. The lowest BCUT2D eigenvalue weighted by atomic mass is 10.1. The summed E-state index contributed by atoms with van der Waals surface area (Å²) in [6.45, 7) is 0. The number of carbonyl (C=O) groups excluding carboxylic acids is 1. The molecule has 0 saturated heterocycles. The summed E-state index contributed by atoms with van der Waals surface area (Å²) >= 11 is 0. The number of hydrogen-bond acceptors (Lipinski definition) is 4. The Hall–Kier alpha value is -2.48. The summed E-state index contributed by atoms with van der Waals surface area (Å²) in [5.74, 6) is -3.83. The van der Waals surface area contributed by atoms with E-state index in [1.54, 1.807) is 0 Å². The summed E-state index contributed by atoms with van der Waals surface area (Å²) in [6.07, 6.45) is 2.79. The molecule has 2 aromatic rings. The Labute approximate surface area is 122 Å². The van der Waals surface area contributed by atoms with Crippen LogP contribution in [-0.2, 0) is 0 Å². The number of hydroxylamine groups is 1. The predicted octanol–water partition coefficient (Wildman–Crippen LogP) is 1.74. The topological polar surface area (TPSA) is 80.6 Å². The van der Waals surface area contributed by atoms with E-state index in [4.69, 9.17) is 9.94 Å². The van der Waals surface area contributed by atoms with Gasteiger partial charge < -0.3 is 9.30 Å². The van der Waals surface area contributed by atoms with Crippen LogP contribution in [0.4, 0.5) is 8.78 Å². The number of benzene rings is 1. The van der Waals surface area contributed by atoms with Gasteiger partial charge >= 0.3 is 0 Å². The Bertz CT molecular complexity index is 843. The van der Waals surface area contributed by atoms with Crippen LogP contribution in [0.5, 0.6) is 5.75 Å². The number of halogens is 2. The van der Waals surface area contributed by atoms with Gasteiger partial charge in [-0.25, -0.2) is 9.87 Å². The molecule has 0 atom stereocenters. The van der Waals surface area contributed by atoms with Crippen molar-refractivity contribution in [3.63, 3.8) is 0 Å². The van der Waals surface area contributed by atoms with Crippen LogP contribution < -0.4 is 15.6 Å². The molecular weight excluding hydrogens is 298 g/mol. The highest BCUT2D eigenvalue weighted by molar-refractivity contribution is 5.97. The number of ether oxygens (including phenoxy) is 1. The number of nitrogens with one attached hydrogen (secondary N) is 1. The van der Waals surface area contributed by atoms with E-state index in [2.05, 4.69) is 0 Å². The van der Waals surface area contributed by atoms with Crippen molar-refractivity contribution in [1.29, 1.82) is 0 Å². The number of pyridine rings is 1. The number of aromatic nitrogens is 1. The van der Waals surface area contributed by atoms with Gasteiger partial charge in [0.2, 0.25) is 11.2 Å². The molecule has 116 valence electrons. The largest absolute Gasteiger partial charge is 0.491 e. The molecule has 0 unspecified atom stereocenters. The van der Waals surface area contributed by atoms with Crippen molar-refractivity contribution in [3.8, 4) is 5.75 Å². The molecule has 1 fully saturated rings. The van der Waals surface area contributed by atoms with Gasteiger partial charge in [-0.2, -0.15) is 4.39 Å². The van der Waals surface area contributed by atoms with Crippen LogP contribution in [0.3, 0.4) is 0 Å². The first kappa shape index (κ1) is 14.5. The van der Waals surface area contributed by atoms with E-state index in [0.29, 0.717) is 0 Å². The number of fused-ring (bicyclic) bond motifs is 1. The molecule has 1 aliphatic carbocycles. The van der Waals surface area contributed by atoms with E-state index in [1.807, 2.05) is 0 Å². The van der Waals surface area contributed by atoms with Crippen molar-refractivity contribution in [2.24, 2.45) is 0 Å². The molecule has 0 bridgehead atoms. The van der Waals surface area contributed by atoms with Crippen LogP contribution in [0.2, 0.25) is 0 Å². The minimum Gasteiger partial charge on any atom is -0.491 e. The Balaban J connectivity index is 2.47. The zero-order valence-electron chi connectivity index (χ0n) is 11.5. The van der Waals surface area contributed by atoms with E-state index in [1.165, 1.54) is 23.4 Å². The molecule has 0 aliphatic heterocycles. The number of hydrogen-bond donors (Lipinski definition) is 2. The average Bonchev–Trinajstić information content (AvgIpc) is 3.34. The second-order valence-electron chi connectivity index (χ2n) is 5.05. The minimum absolute atomic E-state index is 0.0351. The smallest absolute Gasteiger partial charge is 0.280 e. The van der Waals surface area contributed by atoms with Crippen molar-refractivity contribution in [1.82, 2.24) is 10.0 Å². The van der Waals surface area contributed by atoms with Crippen molar-refractivity contribution in [3.05, 3.63) is 39.7 Å². The fraction of sp³-hybridized carbons (Fsp3) is 0.286. The number of nitrogens with zero attached hydrogens (tertiary/aromatic N) is 1. The van der Waals surface area contributed by atoms with Crippen molar-refractivity contribution < 1.29 is 23.5 Å². The summed E-state index contributed by atoms with van der Waals surface area (Å²) in [5, 5.41) is 8.55. The van der Waals surface area contributed by atoms with E-state index < -0.39 is 23.0 Å². The van der Waals surface area contributed by atoms with Crippen LogP contribution in [0, 0.1) is 11.6 Å². The Morgan fingerprint density at radius 3 is 2.68 bits per heavy atom. The highest BCUT2D eigenvalue weighted by Gasteiger charge is 2.30. The average molecular weight is 310 g/mol. The zero-order chi connectivity index (χ0) is 16.0. The van der Waals surface area contributed by atoms with Crippen LogP contribution in [0.1, 0.15) is 29.2 Å². The number of amides is 1. The molecule has 2 N–H and O–H groups in total. The Kier molecular flexibility index (Phi) is 3.32. The molecule has 1 aromatic heterocycles. The first-order valence-corrected chi connectivity index (χ1v) is 6.54. The van der Waals surface area contributed by atoms with Gasteiger partial charge in [0.15, 0.2) is 11.6 Å². The monoisotopic (exact) mass is 310 g/mol. The van der Waals surface area contributed by atoms with Crippen molar-refractivity contribution in [2.75, 3.05) is 7.11 Å². The van der Waals surface area contributed by atoms with Crippen molar-refractivity contribution in [2.45, 2.75) is 18.9 Å². The number of methoxy groups -OCH3 is 1. The third-order valence-electron chi connectivity index (χ3n) is 3.66. The molecule has 1 saturated carbocycles. The third kappa shape index (κ3) is 2.03. The lowest BCUT2D eigenvalue weighted by Gasteiger charge is -2.15. The Morgan fingerprint density at radius 1 is 1.45 bits per heavy atom. The molecular formula is C14H12F2N2O4. The fourth-order valence-electron chi connectivity index (χ4n) is 2.48. The molecule has 0 radical (unpaired) electrons. The van der Waals surface area contributed by atoms with Gasteiger partial charge in [-0.1, -0.05) is 0 Å². The molecule has 1 aromatic carbocycles. The van der Waals surface area contributed by atoms with Gasteiger partial charge in [0.05, 0.1) is 18.0 Å². The normalized spacial score (nSPS) is 14.2. The molecule has 3 rings (SSSR count). The van der Waals surface area contributed by atoms with Crippen molar-refractivity contribution >= 4 is 16.8 Å². The quantitative estimate of drug-likeness (QED) is 0.668. The predicted molar refractivity (Wildman–Crippen MR) is 72.2 cm³/mol. The van der Waals surface area contributed by atoms with E-state index in [0.717, 1.165) is 18.9 Å². The number of carbonyl (C=O) groups is 1. The first-order valence-electron chi connectivity index (χ1n) is 6.54. The highest BCUT2D eigenvalue weighted by Crippen LogP contribution is 2.40. The first-order chi connectivity index (χ1) is 10.5. The molecule has 1 amide bonds. The molecule has 1 heterocycles. The fourth-order valence-corrected chi connectivity index (χ4v) is 2.48. The highest BCUT2D eigenvalue weighted by atomic mass is 19.2. The van der Waals surface area contributed by atoms with Gasteiger partial charge in [0, 0.05) is 12.2 Å². The van der Waals surface area contributed by atoms with E-state index >= 15 is 0 Å². The standard InChI is InChI=1S/C14H12F2N2O4/c1-22-13-10(16)9(15)4-7-11(13)18(6-2-3-6)5-8(12(7)19)14(20)17-21/h4-6,21H,2-3H2,1H3,(H,17,20). The maximum atomic E-state index is 13.9. The summed E-state index contributed by atoms with van der Waals surface area (Å²) in [4.78, 5) is 23.9. The van der Waals surface area contributed by atoms with Gasteiger partial charge in [0.25, 0.3) is 5.91 Å². The van der Waals surface area contributed by atoms with Gasteiger partial charge in [-0.05, 0) is 18.9 Å². The zero-order valence-corrected chi connectivity index (χ0v) is 11.5. The summed E-state index contributed by atoms with van der Waals surface area (Å²) in [6, 6.07) is 0.704. The third-order valence-corrected chi connectivity index (χ3v) is 3.66. The van der Waals surface area contributed by atoms with E-state index in [9.17, 15) is 18.4 Å². The molecule has 22 heavy (non-hydrogen) atoms. The second-order valence-corrected chi connectivity index (χ2v) is 5.05. The lowest BCUT2D eigenvalue weighted by molar-refractivity contribution is 0.0704. The summed E-state index contributed by atoms with van der Waals surface area (Å²) in [5.41, 5.74) is 0.315. The second kappa shape index (κ2) is 5.06. The van der Waals surface area contributed by atoms with Gasteiger partial charge in [-0.3, -0.25) is 14.8 Å². The number of rotatable bonds is 3. The lowest BCUT2D eigenvalue weighted by Crippen LogP contribution is -2.27. The minimum atomic E-state index is -1.25. The summed E-state index contributed by atoms with van der Waals surface area (Å²) < 4.78 is 34.0. The van der Waals surface area contributed by atoms with E-state index in [-0.39, 0.29) is 28.3 Å². The van der Waals surface area contributed by atoms with Crippen LogP contribution in [0.25, 0.3) is 10.9 Å². The maximum absolute atomic E-state index is 13.9. The van der Waals surface area contributed by atoms with Gasteiger partial charge in [0.1, 0.15) is 5.56 Å². The van der Waals surface area contributed by atoms with Crippen LogP contribution >= 0.6 is 0 Å². The van der Waals surface area contributed by atoms with Gasteiger partial charge in [-0.15, -0.1) is 0 Å². The Morgan fingerprint density at radius 2 is 2.14 bits per heavy atom. The SMILES string of the molecule is COc1c(F)c(F)cc2c(=O)c(C(=O)NO)cn(C3CC3)c12. The molecule has 8 heteroatoms. The molecule has 6 nitrogen and oxygen atoms in total. The molecule has 1 aliphatic rings. The molecule has 0 spiro atoms. The van der Waals surface area contributed by atoms with Crippen LogP contribution in [-0.4, -0.2) is 22.8 Å².